The fourth-order valence-electron chi connectivity index (χ4n) is 0.604. The molecule has 0 bridgehead atoms. The number of esters is 1. The number of hydrogen-bond donors (Lipinski definition) is 1. The third-order valence-corrected chi connectivity index (χ3v) is 1.71. The minimum absolute atomic E-state index is 0.486. The second kappa shape index (κ2) is 3.95. The molecule has 64 valence electrons. The molecule has 0 aliphatic carbocycles. The van der Waals surface area contributed by atoms with Gasteiger partial charge in [0.05, 0.1) is 18.9 Å². The zero-order valence-corrected chi connectivity index (χ0v) is 6.83. The maximum atomic E-state index is 10.8. The van der Waals surface area contributed by atoms with E-state index in [-0.39, 0.29) is 0 Å². The van der Waals surface area contributed by atoms with Gasteiger partial charge in [0.15, 0.2) is 0 Å². The molecule has 0 saturated heterocycles. The summed E-state index contributed by atoms with van der Waals surface area (Å²) in [4.78, 5) is 21.1. The number of carbonyl (C=O) groups is 2. The number of rotatable bonds is 3. The normalized spacial score (nSPS) is 15.2. The molecule has 0 aromatic rings. The zero-order valence-electron chi connectivity index (χ0n) is 6.83. The van der Waals surface area contributed by atoms with Gasteiger partial charge < -0.3 is 9.84 Å². The van der Waals surface area contributed by atoms with Crippen LogP contribution in [-0.4, -0.2) is 24.2 Å². The summed E-state index contributed by atoms with van der Waals surface area (Å²) in [5.74, 6) is -2.75. The van der Waals surface area contributed by atoms with Crippen LogP contribution >= 0.6 is 0 Å². The van der Waals surface area contributed by atoms with E-state index in [1.165, 1.54) is 21.0 Å². The number of carbonyl (C=O) groups excluding carboxylic acids is 1. The van der Waals surface area contributed by atoms with Crippen molar-refractivity contribution in [1.82, 2.24) is 0 Å². The van der Waals surface area contributed by atoms with E-state index in [1.807, 2.05) is 0 Å². The third kappa shape index (κ3) is 2.57. The summed E-state index contributed by atoms with van der Waals surface area (Å²) in [5.41, 5.74) is 0. The standard InChI is InChI=1S/C7H12O4/c1-4(6(8)9)5(2)7(10)11-3/h4-5H,1-3H3,(H,8,9)/t4-,5?/m1/s1. The van der Waals surface area contributed by atoms with Gasteiger partial charge in [-0.15, -0.1) is 0 Å². The van der Waals surface area contributed by atoms with Gasteiger partial charge in [-0.2, -0.15) is 0 Å². The van der Waals surface area contributed by atoms with Gasteiger partial charge in [-0.25, -0.2) is 0 Å². The molecule has 0 aromatic heterocycles. The number of carboxylic acids is 1. The molecule has 0 heterocycles. The fourth-order valence-corrected chi connectivity index (χ4v) is 0.604. The van der Waals surface area contributed by atoms with Crippen molar-refractivity contribution in [3.63, 3.8) is 0 Å². The minimum Gasteiger partial charge on any atom is -0.481 e. The van der Waals surface area contributed by atoms with Gasteiger partial charge in [-0.05, 0) is 0 Å². The topological polar surface area (TPSA) is 63.6 Å². The molecule has 0 rings (SSSR count). The summed E-state index contributed by atoms with van der Waals surface area (Å²) < 4.78 is 4.38. The van der Waals surface area contributed by atoms with Crippen LogP contribution in [0.15, 0.2) is 0 Å². The fraction of sp³-hybridized carbons (Fsp3) is 0.714. The summed E-state index contributed by atoms with van der Waals surface area (Å²) in [6.07, 6.45) is 0. The number of methoxy groups -OCH3 is 1. The Morgan fingerprint density at radius 1 is 1.27 bits per heavy atom. The molecule has 0 aliphatic heterocycles. The van der Waals surface area contributed by atoms with Crippen molar-refractivity contribution in [3.05, 3.63) is 0 Å². The first-order chi connectivity index (χ1) is 5.00. The van der Waals surface area contributed by atoms with Crippen molar-refractivity contribution in [3.8, 4) is 0 Å². The predicted octanol–water partition coefficient (Wildman–Crippen LogP) is 0.516. The average Bonchev–Trinajstić information content (AvgIpc) is 2.00. The molecule has 2 atom stereocenters. The van der Waals surface area contributed by atoms with E-state index in [4.69, 9.17) is 5.11 Å². The summed E-state index contributed by atoms with van der Waals surface area (Å²) in [6.45, 7) is 3.01. The Balaban J connectivity index is 4.12. The first kappa shape index (κ1) is 9.94. The van der Waals surface area contributed by atoms with Crippen molar-refractivity contribution in [2.45, 2.75) is 13.8 Å². The van der Waals surface area contributed by atoms with E-state index in [2.05, 4.69) is 4.74 Å². The van der Waals surface area contributed by atoms with Crippen LogP contribution in [0.1, 0.15) is 13.8 Å². The quantitative estimate of drug-likeness (QED) is 0.611. The first-order valence-corrected chi connectivity index (χ1v) is 3.31. The van der Waals surface area contributed by atoms with E-state index < -0.39 is 23.8 Å². The average molecular weight is 160 g/mol. The Bertz CT molecular complexity index is 164. The summed E-state index contributed by atoms with van der Waals surface area (Å²) >= 11 is 0. The SMILES string of the molecule is COC(=O)C(C)[C@@H](C)C(=O)O. The van der Waals surface area contributed by atoms with Crippen LogP contribution in [0.25, 0.3) is 0 Å². The Morgan fingerprint density at radius 3 is 2.00 bits per heavy atom. The largest absolute Gasteiger partial charge is 0.481 e. The number of hydrogen-bond acceptors (Lipinski definition) is 3. The lowest BCUT2D eigenvalue weighted by atomic mass is 9.97. The summed E-state index contributed by atoms with van der Waals surface area (Å²) in [7, 11) is 1.24. The van der Waals surface area contributed by atoms with Crippen LogP contribution in [-0.2, 0) is 14.3 Å². The molecule has 1 unspecified atom stereocenters. The van der Waals surface area contributed by atoms with Gasteiger partial charge in [0.1, 0.15) is 0 Å². The molecule has 4 nitrogen and oxygen atoms in total. The van der Waals surface area contributed by atoms with Gasteiger partial charge >= 0.3 is 11.9 Å². The molecular weight excluding hydrogens is 148 g/mol. The lowest BCUT2D eigenvalue weighted by Gasteiger charge is -2.12. The molecule has 0 radical (unpaired) electrons. The van der Waals surface area contributed by atoms with E-state index in [0.29, 0.717) is 0 Å². The van der Waals surface area contributed by atoms with Gasteiger partial charge in [0.25, 0.3) is 0 Å². The van der Waals surface area contributed by atoms with Crippen molar-refractivity contribution in [2.24, 2.45) is 11.8 Å². The summed E-state index contributed by atoms with van der Waals surface area (Å²) in [6, 6.07) is 0. The molecule has 0 spiro atoms. The predicted molar refractivity (Wildman–Crippen MR) is 38.0 cm³/mol. The van der Waals surface area contributed by atoms with Crippen LogP contribution in [0.3, 0.4) is 0 Å². The van der Waals surface area contributed by atoms with E-state index in [9.17, 15) is 9.59 Å². The van der Waals surface area contributed by atoms with Gasteiger partial charge in [-0.3, -0.25) is 9.59 Å². The highest BCUT2D eigenvalue weighted by Crippen LogP contribution is 2.11. The molecule has 11 heavy (non-hydrogen) atoms. The molecular formula is C7H12O4. The molecule has 0 aliphatic rings. The van der Waals surface area contributed by atoms with E-state index in [0.717, 1.165) is 0 Å². The maximum Gasteiger partial charge on any atom is 0.309 e. The maximum absolute atomic E-state index is 10.8. The molecule has 4 heteroatoms. The smallest absolute Gasteiger partial charge is 0.309 e. The molecule has 1 N–H and O–H groups in total. The highest BCUT2D eigenvalue weighted by Gasteiger charge is 2.25. The molecule has 0 saturated carbocycles. The number of aliphatic carboxylic acids is 1. The molecule has 0 aromatic carbocycles. The Morgan fingerprint density at radius 2 is 1.73 bits per heavy atom. The zero-order chi connectivity index (χ0) is 9.02. The highest BCUT2D eigenvalue weighted by atomic mass is 16.5. The van der Waals surface area contributed by atoms with Gasteiger partial charge in [0.2, 0.25) is 0 Å². The van der Waals surface area contributed by atoms with Crippen molar-refractivity contribution in [2.75, 3.05) is 7.11 Å². The van der Waals surface area contributed by atoms with Crippen LogP contribution in [0.5, 0.6) is 0 Å². The molecule has 0 fully saturated rings. The second-order valence-corrected chi connectivity index (χ2v) is 2.44. The number of ether oxygens (including phenoxy) is 1. The monoisotopic (exact) mass is 160 g/mol. The van der Waals surface area contributed by atoms with Crippen LogP contribution < -0.4 is 0 Å². The van der Waals surface area contributed by atoms with Crippen LogP contribution in [0.2, 0.25) is 0 Å². The van der Waals surface area contributed by atoms with Gasteiger partial charge in [-0.1, -0.05) is 13.8 Å². The van der Waals surface area contributed by atoms with Gasteiger partial charge in [0, 0.05) is 0 Å². The number of carboxylic acid groups (broad SMARTS) is 1. The second-order valence-electron chi connectivity index (χ2n) is 2.44. The van der Waals surface area contributed by atoms with Crippen molar-refractivity contribution >= 4 is 11.9 Å². The Hall–Kier alpha value is -1.06. The lowest BCUT2D eigenvalue weighted by Crippen LogP contribution is -2.26. The van der Waals surface area contributed by atoms with Crippen molar-refractivity contribution < 1.29 is 19.4 Å². The van der Waals surface area contributed by atoms with E-state index >= 15 is 0 Å². The van der Waals surface area contributed by atoms with Crippen molar-refractivity contribution in [1.29, 1.82) is 0 Å². The Kier molecular flexibility index (Phi) is 3.57. The summed E-state index contributed by atoms with van der Waals surface area (Å²) in [5, 5.41) is 8.49. The third-order valence-electron chi connectivity index (χ3n) is 1.71. The Labute approximate surface area is 65.2 Å². The lowest BCUT2D eigenvalue weighted by molar-refractivity contribution is -0.154. The van der Waals surface area contributed by atoms with E-state index in [1.54, 1.807) is 0 Å². The molecule has 0 amide bonds. The van der Waals surface area contributed by atoms with Crippen LogP contribution in [0, 0.1) is 11.8 Å². The minimum atomic E-state index is -0.983. The first-order valence-electron chi connectivity index (χ1n) is 3.31. The van der Waals surface area contributed by atoms with Crippen LogP contribution in [0.4, 0.5) is 0 Å². The highest BCUT2D eigenvalue weighted by molar-refractivity contribution is 5.80.